The number of methoxy groups -OCH3 is 1. The quantitative estimate of drug-likeness (QED) is 0.527. The first-order chi connectivity index (χ1) is 11.3. The number of benzene rings is 2. The second-order valence-electron chi connectivity index (χ2n) is 5.18. The third-order valence-electron chi connectivity index (χ3n) is 3.66. The number of esters is 1. The zero-order valence-electron chi connectivity index (χ0n) is 13.5. The molecular formula is C17H16N2O5. The van der Waals surface area contributed by atoms with Crippen molar-refractivity contribution in [2.45, 2.75) is 13.8 Å². The molecule has 0 bridgehead atoms. The highest BCUT2D eigenvalue weighted by Gasteiger charge is 2.17. The van der Waals surface area contributed by atoms with Gasteiger partial charge in [-0.2, -0.15) is 0 Å². The molecule has 24 heavy (non-hydrogen) atoms. The van der Waals surface area contributed by atoms with Crippen LogP contribution in [0.1, 0.15) is 31.8 Å². The Morgan fingerprint density at radius 3 is 2.46 bits per heavy atom. The molecule has 7 nitrogen and oxygen atoms in total. The number of rotatable bonds is 4. The summed E-state index contributed by atoms with van der Waals surface area (Å²) < 4.78 is 4.70. The van der Waals surface area contributed by atoms with Crippen LogP contribution in [0.5, 0.6) is 0 Å². The third kappa shape index (κ3) is 3.40. The van der Waals surface area contributed by atoms with Gasteiger partial charge in [0.2, 0.25) is 0 Å². The molecule has 0 aromatic heterocycles. The summed E-state index contributed by atoms with van der Waals surface area (Å²) in [7, 11) is 1.28. The molecular weight excluding hydrogens is 312 g/mol. The summed E-state index contributed by atoms with van der Waals surface area (Å²) in [5, 5.41) is 13.6. The topological polar surface area (TPSA) is 98.5 Å². The molecule has 0 fully saturated rings. The van der Waals surface area contributed by atoms with Crippen LogP contribution in [0.25, 0.3) is 0 Å². The van der Waals surface area contributed by atoms with Gasteiger partial charge in [0.1, 0.15) is 0 Å². The lowest BCUT2D eigenvalue weighted by Gasteiger charge is -2.12. The van der Waals surface area contributed by atoms with Gasteiger partial charge in [0.05, 0.1) is 17.6 Å². The van der Waals surface area contributed by atoms with E-state index in [1.54, 1.807) is 32.0 Å². The first-order valence-corrected chi connectivity index (χ1v) is 7.09. The largest absolute Gasteiger partial charge is 0.465 e. The number of aryl methyl sites for hydroxylation is 1. The van der Waals surface area contributed by atoms with Gasteiger partial charge in [-0.25, -0.2) is 4.79 Å². The Kier molecular flexibility index (Phi) is 4.93. The molecule has 2 aromatic carbocycles. The zero-order valence-corrected chi connectivity index (χ0v) is 13.5. The second-order valence-corrected chi connectivity index (χ2v) is 5.18. The molecule has 124 valence electrons. The maximum Gasteiger partial charge on any atom is 0.338 e. The maximum absolute atomic E-state index is 12.5. The lowest BCUT2D eigenvalue weighted by Crippen LogP contribution is -2.15. The van der Waals surface area contributed by atoms with E-state index in [4.69, 9.17) is 4.74 Å². The molecule has 2 aromatic rings. The Hall–Kier alpha value is -3.22. The number of carbonyl (C=O) groups excluding carboxylic acids is 2. The highest BCUT2D eigenvalue weighted by Crippen LogP contribution is 2.22. The number of ether oxygens (including phenoxy) is 1. The fourth-order valence-electron chi connectivity index (χ4n) is 2.26. The molecule has 7 heteroatoms. The molecule has 0 aliphatic rings. The summed E-state index contributed by atoms with van der Waals surface area (Å²) in [6.45, 7) is 3.37. The van der Waals surface area contributed by atoms with E-state index < -0.39 is 16.8 Å². The van der Waals surface area contributed by atoms with E-state index in [0.29, 0.717) is 22.4 Å². The van der Waals surface area contributed by atoms with E-state index >= 15 is 0 Å². The zero-order chi connectivity index (χ0) is 17.9. The Morgan fingerprint density at radius 1 is 1.12 bits per heavy atom. The van der Waals surface area contributed by atoms with Crippen molar-refractivity contribution in [2.24, 2.45) is 0 Å². The number of hydrogen-bond acceptors (Lipinski definition) is 5. The first-order valence-electron chi connectivity index (χ1n) is 7.09. The molecule has 0 radical (unpaired) electrons. The van der Waals surface area contributed by atoms with Gasteiger partial charge in [-0.15, -0.1) is 0 Å². The van der Waals surface area contributed by atoms with Crippen LogP contribution in [0.2, 0.25) is 0 Å². The van der Waals surface area contributed by atoms with Crippen LogP contribution in [0.3, 0.4) is 0 Å². The van der Waals surface area contributed by atoms with Gasteiger partial charge in [-0.05, 0) is 37.1 Å². The Balaban J connectivity index is 2.36. The van der Waals surface area contributed by atoms with Crippen molar-refractivity contribution >= 4 is 23.3 Å². The minimum atomic E-state index is -0.556. The number of nitrogens with zero attached hydrogens (tertiary/aromatic N) is 1. The molecule has 2 rings (SSSR count). The molecule has 0 unspecified atom stereocenters. The van der Waals surface area contributed by atoms with Crippen LogP contribution in [0.15, 0.2) is 36.4 Å². The van der Waals surface area contributed by atoms with Gasteiger partial charge in [0, 0.05) is 23.4 Å². The third-order valence-corrected chi connectivity index (χ3v) is 3.66. The predicted octanol–water partition coefficient (Wildman–Crippen LogP) is 3.25. The van der Waals surface area contributed by atoms with Crippen molar-refractivity contribution in [1.82, 2.24) is 0 Å². The number of amides is 1. The van der Waals surface area contributed by atoms with Crippen LogP contribution in [-0.4, -0.2) is 23.9 Å². The number of hydrogen-bond donors (Lipinski definition) is 1. The van der Waals surface area contributed by atoms with Crippen molar-refractivity contribution in [2.75, 3.05) is 12.4 Å². The molecule has 0 atom stereocenters. The molecule has 0 saturated carbocycles. The SMILES string of the molecule is COC(=O)c1cccc(NC(=O)c2cc([N+](=O)[O-])ccc2C)c1C. The molecule has 0 spiro atoms. The Bertz CT molecular complexity index is 830. The van der Waals surface area contributed by atoms with Gasteiger partial charge in [-0.3, -0.25) is 14.9 Å². The molecule has 0 heterocycles. The molecule has 0 aliphatic carbocycles. The van der Waals surface area contributed by atoms with Gasteiger partial charge in [0.15, 0.2) is 0 Å². The highest BCUT2D eigenvalue weighted by molar-refractivity contribution is 6.06. The van der Waals surface area contributed by atoms with Crippen molar-refractivity contribution in [3.05, 3.63) is 68.8 Å². The predicted molar refractivity (Wildman–Crippen MR) is 88.3 cm³/mol. The van der Waals surface area contributed by atoms with E-state index in [1.807, 2.05) is 0 Å². The maximum atomic E-state index is 12.5. The second kappa shape index (κ2) is 6.91. The normalized spacial score (nSPS) is 10.1. The number of non-ortho nitro benzene ring substituents is 1. The number of nitrogens with one attached hydrogen (secondary N) is 1. The summed E-state index contributed by atoms with van der Waals surface area (Å²) in [5.74, 6) is -0.989. The van der Waals surface area contributed by atoms with E-state index in [-0.39, 0.29) is 11.3 Å². The van der Waals surface area contributed by atoms with Crippen LogP contribution in [-0.2, 0) is 4.74 Å². The lowest BCUT2D eigenvalue weighted by molar-refractivity contribution is -0.384. The average molecular weight is 328 g/mol. The summed E-state index contributed by atoms with van der Waals surface area (Å²) in [6, 6.07) is 8.95. The van der Waals surface area contributed by atoms with Crippen molar-refractivity contribution in [1.29, 1.82) is 0 Å². The van der Waals surface area contributed by atoms with Crippen LogP contribution in [0, 0.1) is 24.0 Å². The molecule has 1 amide bonds. The summed E-state index contributed by atoms with van der Waals surface area (Å²) >= 11 is 0. The lowest BCUT2D eigenvalue weighted by atomic mass is 10.0. The standard InChI is InChI=1S/C17H16N2O5/c1-10-7-8-12(19(22)23)9-14(10)16(20)18-15-6-4-5-13(11(15)2)17(21)24-3/h4-9H,1-3H3,(H,18,20). The fraction of sp³-hybridized carbons (Fsp3) is 0.176. The molecule has 0 saturated heterocycles. The summed E-state index contributed by atoms with van der Waals surface area (Å²) in [4.78, 5) is 34.5. The Labute approximate surface area is 138 Å². The number of anilines is 1. The van der Waals surface area contributed by atoms with Crippen molar-refractivity contribution in [3.63, 3.8) is 0 Å². The van der Waals surface area contributed by atoms with Crippen molar-refractivity contribution in [3.8, 4) is 0 Å². The smallest absolute Gasteiger partial charge is 0.338 e. The number of nitro groups is 1. The number of carbonyl (C=O) groups is 2. The van der Waals surface area contributed by atoms with Crippen LogP contribution >= 0.6 is 0 Å². The first kappa shape index (κ1) is 17.1. The van der Waals surface area contributed by atoms with E-state index in [0.717, 1.165) is 0 Å². The van der Waals surface area contributed by atoms with E-state index in [2.05, 4.69) is 5.32 Å². The number of nitro benzene ring substituents is 1. The molecule has 0 aliphatic heterocycles. The molecule has 1 N–H and O–H groups in total. The highest BCUT2D eigenvalue weighted by atomic mass is 16.6. The average Bonchev–Trinajstić information content (AvgIpc) is 2.56. The minimum Gasteiger partial charge on any atom is -0.465 e. The monoisotopic (exact) mass is 328 g/mol. The van der Waals surface area contributed by atoms with Gasteiger partial charge >= 0.3 is 5.97 Å². The van der Waals surface area contributed by atoms with Gasteiger partial charge < -0.3 is 10.1 Å². The Morgan fingerprint density at radius 2 is 1.83 bits per heavy atom. The van der Waals surface area contributed by atoms with Crippen LogP contribution < -0.4 is 5.32 Å². The summed E-state index contributed by atoms with van der Waals surface area (Å²) in [6.07, 6.45) is 0. The van der Waals surface area contributed by atoms with Crippen LogP contribution in [0.4, 0.5) is 11.4 Å². The summed E-state index contributed by atoms with van der Waals surface area (Å²) in [5.41, 5.74) is 1.98. The fourth-order valence-corrected chi connectivity index (χ4v) is 2.26. The van der Waals surface area contributed by atoms with Crippen molar-refractivity contribution < 1.29 is 19.2 Å². The minimum absolute atomic E-state index is 0.161. The van der Waals surface area contributed by atoms with Gasteiger partial charge in [0.25, 0.3) is 11.6 Å². The van der Waals surface area contributed by atoms with E-state index in [9.17, 15) is 19.7 Å². The van der Waals surface area contributed by atoms with Gasteiger partial charge in [-0.1, -0.05) is 12.1 Å². The van der Waals surface area contributed by atoms with E-state index in [1.165, 1.54) is 25.3 Å².